The zero-order chi connectivity index (χ0) is 22.2. The lowest BCUT2D eigenvalue weighted by Gasteiger charge is -2.36. The van der Waals surface area contributed by atoms with Crippen LogP contribution in [-0.4, -0.2) is 50.6 Å². The van der Waals surface area contributed by atoms with Crippen molar-refractivity contribution >= 4 is 23.4 Å². The molecular weight excluding hydrogens is 393 g/mol. The Kier molecular flexibility index (Phi) is 7.24. The highest BCUT2D eigenvalue weighted by Crippen LogP contribution is 2.21. The number of amides is 1. The van der Waals surface area contributed by atoms with Gasteiger partial charge in [-0.1, -0.05) is 24.3 Å². The minimum atomic E-state index is -0.314. The fourth-order valence-electron chi connectivity index (χ4n) is 3.51. The summed E-state index contributed by atoms with van der Waals surface area (Å²) in [5.74, 6) is -0.590. The molecule has 1 saturated heterocycles. The van der Waals surface area contributed by atoms with Crippen molar-refractivity contribution in [3.8, 4) is 12.1 Å². The maximum Gasteiger partial charge on any atom is 0.264 e. The Bertz CT molecular complexity index is 1030. The van der Waals surface area contributed by atoms with E-state index in [0.29, 0.717) is 44.8 Å². The number of rotatable bonds is 6. The second kappa shape index (κ2) is 10.3. The summed E-state index contributed by atoms with van der Waals surface area (Å²) in [6.07, 6.45) is 2.03. The summed E-state index contributed by atoms with van der Waals surface area (Å²) in [6, 6.07) is 18.2. The SMILES string of the molecule is CN(CCC#N)c1ccc(/C=C(\C#N)C(=O)N2CCN(c3ccccc3F)CC2)cc1. The van der Waals surface area contributed by atoms with Crippen molar-refractivity contribution in [2.75, 3.05) is 49.6 Å². The first kappa shape index (κ1) is 21.9. The van der Waals surface area contributed by atoms with Crippen LogP contribution >= 0.6 is 0 Å². The van der Waals surface area contributed by atoms with Crippen LogP contribution in [0.1, 0.15) is 12.0 Å². The number of carbonyl (C=O) groups excluding carboxylic acids is 1. The summed E-state index contributed by atoms with van der Waals surface area (Å²) in [6.45, 7) is 2.50. The lowest BCUT2D eigenvalue weighted by molar-refractivity contribution is -0.126. The highest BCUT2D eigenvalue weighted by molar-refractivity contribution is 6.01. The lowest BCUT2D eigenvalue weighted by Crippen LogP contribution is -2.49. The number of hydrogen-bond acceptors (Lipinski definition) is 5. The molecule has 2 aromatic rings. The summed E-state index contributed by atoms with van der Waals surface area (Å²) in [7, 11) is 1.91. The van der Waals surface area contributed by atoms with E-state index in [2.05, 4.69) is 6.07 Å². The molecule has 6 nitrogen and oxygen atoms in total. The van der Waals surface area contributed by atoms with Gasteiger partial charge in [0.25, 0.3) is 5.91 Å². The van der Waals surface area contributed by atoms with E-state index in [4.69, 9.17) is 5.26 Å². The zero-order valence-corrected chi connectivity index (χ0v) is 17.5. The molecule has 158 valence electrons. The topological polar surface area (TPSA) is 74.4 Å². The van der Waals surface area contributed by atoms with Gasteiger partial charge in [-0.2, -0.15) is 10.5 Å². The molecule has 0 bridgehead atoms. The summed E-state index contributed by atoms with van der Waals surface area (Å²) in [5.41, 5.74) is 2.32. The van der Waals surface area contributed by atoms with Crippen molar-refractivity contribution in [1.29, 1.82) is 10.5 Å². The molecule has 0 aliphatic carbocycles. The molecule has 1 heterocycles. The minimum Gasteiger partial charge on any atom is -0.374 e. The highest BCUT2D eigenvalue weighted by atomic mass is 19.1. The molecule has 3 rings (SSSR count). The monoisotopic (exact) mass is 417 g/mol. The predicted octanol–water partition coefficient (Wildman–Crippen LogP) is 3.43. The van der Waals surface area contributed by atoms with E-state index in [1.165, 1.54) is 6.07 Å². The molecule has 0 unspecified atom stereocenters. The van der Waals surface area contributed by atoms with Gasteiger partial charge in [0.05, 0.1) is 18.2 Å². The van der Waals surface area contributed by atoms with Gasteiger partial charge in [0.1, 0.15) is 17.5 Å². The number of hydrogen-bond donors (Lipinski definition) is 0. The van der Waals surface area contributed by atoms with Gasteiger partial charge in [-0.3, -0.25) is 4.79 Å². The van der Waals surface area contributed by atoms with E-state index in [1.807, 2.05) is 47.2 Å². The molecule has 0 saturated carbocycles. The van der Waals surface area contributed by atoms with Crippen molar-refractivity contribution in [2.45, 2.75) is 6.42 Å². The van der Waals surface area contributed by atoms with Gasteiger partial charge in [-0.15, -0.1) is 0 Å². The smallest absolute Gasteiger partial charge is 0.264 e. The Labute approximate surface area is 182 Å². The van der Waals surface area contributed by atoms with Crippen LogP contribution in [0.15, 0.2) is 54.1 Å². The first-order chi connectivity index (χ1) is 15.0. The molecule has 7 heteroatoms. The molecule has 1 fully saturated rings. The first-order valence-corrected chi connectivity index (χ1v) is 10.1. The molecule has 0 spiro atoms. The Morgan fingerprint density at radius 2 is 1.77 bits per heavy atom. The lowest BCUT2D eigenvalue weighted by atomic mass is 10.1. The molecule has 1 aliphatic rings. The molecule has 1 aliphatic heterocycles. The normalized spacial score (nSPS) is 14.0. The minimum absolute atomic E-state index is 0.0740. The van der Waals surface area contributed by atoms with Gasteiger partial charge in [0.15, 0.2) is 0 Å². The van der Waals surface area contributed by atoms with E-state index in [0.717, 1.165) is 11.3 Å². The maximum absolute atomic E-state index is 14.0. The standard InChI is InChI=1S/C24H24FN5O/c1-28(12-4-11-26)21-9-7-19(8-10-21)17-20(18-27)24(31)30-15-13-29(14-16-30)23-6-3-2-5-22(23)25/h2-3,5-10,17H,4,12-16H2,1H3/b20-17+. The number of nitrogens with zero attached hydrogens (tertiary/aromatic N) is 5. The number of piperazine rings is 1. The van der Waals surface area contributed by atoms with Gasteiger partial charge in [-0.25, -0.2) is 4.39 Å². The molecular formula is C24H24FN5O. The van der Waals surface area contributed by atoms with Gasteiger partial charge in [0, 0.05) is 45.5 Å². The van der Waals surface area contributed by atoms with Crippen LogP contribution in [0.3, 0.4) is 0 Å². The van der Waals surface area contributed by atoms with Crippen LogP contribution in [0.5, 0.6) is 0 Å². The summed E-state index contributed by atoms with van der Waals surface area (Å²) in [4.78, 5) is 18.4. The number of benzene rings is 2. The average Bonchev–Trinajstić information content (AvgIpc) is 2.81. The van der Waals surface area contributed by atoms with E-state index in [1.54, 1.807) is 29.2 Å². The molecule has 0 radical (unpaired) electrons. The van der Waals surface area contributed by atoms with Crippen molar-refractivity contribution < 1.29 is 9.18 Å². The van der Waals surface area contributed by atoms with Crippen LogP contribution in [-0.2, 0) is 4.79 Å². The molecule has 2 aromatic carbocycles. The summed E-state index contributed by atoms with van der Waals surface area (Å²) in [5, 5.41) is 18.2. The number of para-hydroxylation sites is 1. The van der Waals surface area contributed by atoms with E-state index < -0.39 is 0 Å². The van der Waals surface area contributed by atoms with Crippen molar-refractivity contribution in [1.82, 2.24) is 4.90 Å². The first-order valence-electron chi connectivity index (χ1n) is 10.1. The van der Waals surface area contributed by atoms with Crippen molar-refractivity contribution in [3.63, 3.8) is 0 Å². The molecule has 1 amide bonds. The summed E-state index contributed by atoms with van der Waals surface area (Å²) < 4.78 is 14.0. The summed E-state index contributed by atoms with van der Waals surface area (Å²) >= 11 is 0. The van der Waals surface area contributed by atoms with E-state index in [9.17, 15) is 14.4 Å². The Morgan fingerprint density at radius 3 is 2.39 bits per heavy atom. The average molecular weight is 417 g/mol. The third-order valence-corrected chi connectivity index (χ3v) is 5.31. The largest absolute Gasteiger partial charge is 0.374 e. The van der Waals surface area contributed by atoms with Crippen LogP contribution < -0.4 is 9.80 Å². The van der Waals surface area contributed by atoms with Crippen molar-refractivity contribution in [2.24, 2.45) is 0 Å². The fraction of sp³-hybridized carbons (Fsp3) is 0.292. The molecule has 0 atom stereocenters. The van der Waals surface area contributed by atoms with Crippen molar-refractivity contribution in [3.05, 3.63) is 65.5 Å². The Hall–Kier alpha value is -3.84. The van der Waals surface area contributed by atoms with Gasteiger partial charge in [-0.05, 0) is 35.9 Å². The fourth-order valence-corrected chi connectivity index (χ4v) is 3.51. The number of anilines is 2. The number of nitriles is 2. The van der Waals surface area contributed by atoms with Gasteiger partial charge < -0.3 is 14.7 Å². The Balaban J connectivity index is 1.64. The highest BCUT2D eigenvalue weighted by Gasteiger charge is 2.24. The maximum atomic E-state index is 14.0. The third kappa shape index (κ3) is 5.40. The quantitative estimate of drug-likeness (QED) is 0.532. The number of halogens is 1. The second-order valence-corrected chi connectivity index (χ2v) is 7.32. The van der Waals surface area contributed by atoms with Crippen LogP contribution in [0.2, 0.25) is 0 Å². The molecule has 31 heavy (non-hydrogen) atoms. The van der Waals surface area contributed by atoms with Gasteiger partial charge in [0.2, 0.25) is 0 Å². The van der Waals surface area contributed by atoms with E-state index >= 15 is 0 Å². The zero-order valence-electron chi connectivity index (χ0n) is 17.5. The third-order valence-electron chi connectivity index (χ3n) is 5.31. The van der Waals surface area contributed by atoms with Crippen LogP contribution in [0, 0.1) is 28.5 Å². The Morgan fingerprint density at radius 1 is 1.10 bits per heavy atom. The van der Waals surface area contributed by atoms with Crippen LogP contribution in [0.4, 0.5) is 15.8 Å². The molecule has 0 N–H and O–H groups in total. The van der Waals surface area contributed by atoms with E-state index in [-0.39, 0.29) is 17.3 Å². The van der Waals surface area contributed by atoms with Crippen LogP contribution in [0.25, 0.3) is 6.08 Å². The number of carbonyl (C=O) groups is 1. The predicted molar refractivity (Wildman–Crippen MR) is 119 cm³/mol. The second-order valence-electron chi connectivity index (χ2n) is 7.32. The molecule has 0 aromatic heterocycles. The van der Waals surface area contributed by atoms with Gasteiger partial charge >= 0.3 is 0 Å².